The van der Waals surface area contributed by atoms with Gasteiger partial charge in [-0.3, -0.25) is 4.79 Å². The fourth-order valence-corrected chi connectivity index (χ4v) is 10.3. The zero-order valence-electron chi connectivity index (χ0n) is 31.0. The van der Waals surface area contributed by atoms with Crippen molar-refractivity contribution in [1.29, 1.82) is 0 Å². The van der Waals surface area contributed by atoms with Gasteiger partial charge in [0, 0.05) is 70.0 Å². The molecule has 2 saturated carbocycles. The van der Waals surface area contributed by atoms with Crippen LogP contribution < -0.4 is 15.0 Å². The lowest BCUT2D eigenvalue weighted by molar-refractivity contribution is -0.146. The maximum Gasteiger partial charge on any atom is 0.329 e. The predicted octanol–water partition coefficient (Wildman–Crippen LogP) is 6.29. The molecular formula is C39H50F4N6O5. The summed E-state index contributed by atoms with van der Waals surface area (Å²) < 4.78 is 70.6. The number of aliphatic carboxylic acids is 1. The summed E-state index contributed by atoms with van der Waals surface area (Å²) in [5.74, 6) is -7.28. The van der Waals surface area contributed by atoms with Crippen LogP contribution in [0.15, 0.2) is 24.4 Å². The van der Waals surface area contributed by atoms with E-state index in [4.69, 9.17) is 9.47 Å². The molecule has 1 amide bonds. The largest absolute Gasteiger partial charge is 0.490 e. The van der Waals surface area contributed by atoms with Crippen LogP contribution in [0.3, 0.4) is 0 Å². The summed E-state index contributed by atoms with van der Waals surface area (Å²) in [5, 5.41) is 16.9. The zero-order valence-corrected chi connectivity index (χ0v) is 31.0. The Balaban J connectivity index is 1.04. The molecule has 0 radical (unpaired) electrons. The standard InChI is InChI=1S/C39H50F4N6O5/c1-3-24-16-25-18-26(17-24)39(20-25,34(51)52)46-33(50)29-21-44-35(45-32(29)36(2,40)41)49-22-37(9-14-53-15-10-37)30-19-28(4-5-31(30)49)54-27-6-11-47(12-7-27)48-13-8-38(42,43)23-48/h4-5,19,21,24-27H,3,6-18,20,22-23H2,1-2H3,(H,46,50)(H,51,52). The molecule has 294 valence electrons. The van der Waals surface area contributed by atoms with E-state index < -0.39 is 40.5 Å². The van der Waals surface area contributed by atoms with E-state index in [-0.39, 0.29) is 48.7 Å². The molecule has 54 heavy (non-hydrogen) atoms. The van der Waals surface area contributed by atoms with Crippen molar-refractivity contribution < 1.29 is 41.7 Å². The van der Waals surface area contributed by atoms with Crippen molar-refractivity contribution in [2.45, 2.75) is 107 Å². The van der Waals surface area contributed by atoms with Crippen LogP contribution in [-0.2, 0) is 20.9 Å². The van der Waals surface area contributed by atoms with Crippen LogP contribution in [0.4, 0.5) is 29.2 Å². The number of nitrogens with one attached hydrogen (secondary N) is 1. The van der Waals surface area contributed by atoms with E-state index in [1.807, 2.05) is 28.1 Å². The van der Waals surface area contributed by atoms with E-state index in [0.29, 0.717) is 96.5 Å². The molecule has 2 N–H and O–H groups in total. The van der Waals surface area contributed by atoms with Gasteiger partial charge in [0.2, 0.25) is 5.95 Å². The summed E-state index contributed by atoms with van der Waals surface area (Å²) in [4.78, 5) is 37.3. The number of amides is 1. The van der Waals surface area contributed by atoms with E-state index in [9.17, 15) is 23.5 Å². The number of halogens is 4. The van der Waals surface area contributed by atoms with Crippen molar-refractivity contribution >= 4 is 23.5 Å². The van der Waals surface area contributed by atoms with Crippen LogP contribution in [-0.4, -0.2) is 100 Å². The minimum absolute atomic E-state index is 0.0247. The molecule has 8 rings (SSSR count). The molecule has 15 heteroatoms. The number of piperidine rings is 1. The molecule has 2 aromatic rings. The third kappa shape index (κ3) is 6.82. The van der Waals surface area contributed by atoms with Crippen molar-refractivity contribution in [3.8, 4) is 5.75 Å². The highest BCUT2D eigenvalue weighted by atomic mass is 19.3. The number of carboxylic acids is 1. The number of nitrogens with zero attached hydrogens (tertiary/aromatic N) is 5. The number of carbonyl (C=O) groups is 2. The number of anilines is 2. The third-order valence-electron chi connectivity index (χ3n) is 13.2. The van der Waals surface area contributed by atoms with Crippen molar-refractivity contribution in [1.82, 2.24) is 25.3 Å². The second-order valence-corrected chi connectivity index (χ2v) is 16.7. The molecule has 1 aromatic heterocycles. The molecule has 4 unspecified atom stereocenters. The van der Waals surface area contributed by atoms with Crippen LogP contribution in [0.25, 0.3) is 0 Å². The van der Waals surface area contributed by atoms with Gasteiger partial charge in [-0.25, -0.2) is 33.6 Å². The minimum atomic E-state index is -3.53. The molecule has 1 spiro atoms. The summed E-state index contributed by atoms with van der Waals surface area (Å²) in [6.45, 7) is 5.61. The number of rotatable bonds is 9. The molecule has 5 fully saturated rings. The molecule has 1 aromatic carbocycles. The summed E-state index contributed by atoms with van der Waals surface area (Å²) in [7, 11) is 0. The van der Waals surface area contributed by atoms with Crippen LogP contribution in [0.5, 0.6) is 5.75 Å². The number of benzene rings is 1. The highest BCUT2D eigenvalue weighted by Gasteiger charge is 2.57. The molecule has 3 saturated heterocycles. The van der Waals surface area contributed by atoms with E-state index in [2.05, 4.69) is 22.2 Å². The first-order chi connectivity index (χ1) is 25.7. The summed E-state index contributed by atoms with van der Waals surface area (Å²) in [6, 6.07) is 5.75. The number of aromatic nitrogens is 2. The predicted molar refractivity (Wildman–Crippen MR) is 190 cm³/mol. The van der Waals surface area contributed by atoms with Crippen molar-refractivity contribution in [2.75, 3.05) is 50.8 Å². The number of carboxylic acid groups (broad SMARTS) is 1. The highest BCUT2D eigenvalue weighted by molar-refractivity contribution is 5.99. The Labute approximate surface area is 312 Å². The first-order valence-corrected chi connectivity index (χ1v) is 19.5. The van der Waals surface area contributed by atoms with Crippen molar-refractivity contribution in [3.05, 3.63) is 41.2 Å². The maximum atomic E-state index is 15.4. The molecule has 5 heterocycles. The fourth-order valence-electron chi connectivity index (χ4n) is 10.3. The first-order valence-electron chi connectivity index (χ1n) is 19.5. The fraction of sp³-hybridized carbons (Fsp3) is 0.692. The lowest BCUT2D eigenvalue weighted by Crippen LogP contribution is -2.57. The van der Waals surface area contributed by atoms with Gasteiger partial charge >= 0.3 is 5.97 Å². The van der Waals surface area contributed by atoms with Crippen LogP contribution >= 0.6 is 0 Å². The van der Waals surface area contributed by atoms with Gasteiger partial charge in [-0.2, -0.15) is 8.78 Å². The monoisotopic (exact) mass is 758 g/mol. The summed E-state index contributed by atoms with van der Waals surface area (Å²) in [6.07, 6.45) is 7.12. The SMILES string of the molecule is CCC1CC2CC(C1)C(NC(=O)c1cnc(N3CC4(CCOCC4)c4cc(OC5CCN(N6CCC(F)(F)C6)CC5)ccc43)nc1C(C)(F)F)(C(=O)O)C2. The quantitative estimate of drug-likeness (QED) is 0.283. The highest BCUT2D eigenvalue weighted by Crippen LogP contribution is 2.52. The number of alkyl halides is 4. The number of hydrazine groups is 1. The Morgan fingerprint density at radius 1 is 1.06 bits per heavy atom. The average Bonchev–Trinajstić information content (AvgIpc) is 3.75. The summed E-state index contributed by atoms with van der Waals surface area (Å²) >= 11 is 0. The Morgan fingerprint density at radius 2 is 1.81 bits per heavy atom. The Bertz CT molecular complexity index is 1760. The second-order valence-electron chi connectivity index (χ2n) is 16.7. The molecule has 4 aliphatic heterocycles. The lowest BCUT2D eigenvalue weighted by Gasteiger charge is -2.37. The van der Waals surface area contributed by atoms with Gasteiger partial charge < -0.3 is 24.8 Å². The van der Waals surface area contributed by atoms with Gasteiger partial charge in [0.05, 0.1) is 12.1 Å². The molecule has 4 atom stereocenters. The van der Waals surface area contributed by atoms with Gasteiger partial charge in [0.15, 0.2) is 0 Å². The smallest absolute Gasteiger partial charge is 0.329 e. The Hall–Kier alpha value is -3.56. The maximum absolute atomic E-state index is 15.4. The van der Waals surface area contributed by atoms with Gasteiger partial charge in [0.1, 0.15) is 23.1 Å². The Morgan fingerprint density at radius 3 is 2.48 bits per heavy atom. The lowest BCUT2D eigenvalue weighted by atomic mass is 9.76. The molecule has 11 nitrogen and oxygen atoms in total. The second kappa shape index (κ2) is 13.9. The van der Waals surface area contributed by atoms with E-state index in [0.717, 1.165) is 30.3 Å². The molecular weight excluding hydrogens is 708 g/mol. The van der Waals surface area contributed by atoms with Gasteiger partial charge in [-0.15, -0.1) is 0 Å². The number of hydrogen-bond acceptors (Lipinski definition) is 9. The number of ether oxygens (including phenoxy) is 2. The van der Waals surface area contributed by atoms with Crippen LogP contribution in [0, 0.1) is 17.8 Å². The number of hydrogen-bond donors (Lipinski definition) is 2. The van der Waals surface area contributed by atoms with Gasteiger partial charge in [0.25, 0.3) is 17.8 Å². The number of fused-ring (bicyclic) bond motifs is 4. The van der Waals surface area contributed by atoms with E-state index >= 15 is 8.78 Å². The van der Waals surface area contributed by atoms with Crippen molar-refractivity contribution in [2.24, 2.45) is 17.8 Å². The average molecular weight is 759 g/mol. The molecule has 2 aliphatic carbocycles. The third-order valence-corrected chi connectivity index (χ3v) is 13.2. The van der Waals surface area contributed by atoms with E-state index in [1.54, 1.807) is 5.01 Å². The van der Waals surface area contributed by atoms with E-state index in [1.165, 1.54) is 0 Å². The molecule has 2 bridgehead atoms. The van der Waals surface area contributed by atoms with Crippen LogP contribution in [0.1, 0.15) is 99.7 Å². The normalized spacial score (nSPS) is 29.7. The summed E-state index contributed by atoms with van der Waals surface area (Å²) in [5.41, 5.74) is -1.36. The Kier molecular flexibility index (Phi) is 9.60. The first kappa shape index (κ1) is 37.4. The van der Waals surface area contributed by atoms with Gasteiger partial charge in [-0.05, 0) is 92.9 Å². The molecule has 6 aliphatic rings. The van der Waals surface area contributed by atoms with Gasteiger partial charge in [-0.1, -0.05) is 13.3 Å². The number of carbonyl (C=O) groups excluding carboxylic acids is 1. The minimum Gasteiger partial charge on any atom is -0.490 e. The zero-order chi connectivity index (χ0) is 38.0. The topological polar surface area (TPSA) is 120 Å². The van der Waals surface area contributed by atoms with Crippen LogP contribution in [0.2, 0.25) is 0 Å². The van der Waals surface area contributed by atoms with Crippen molar-refractivity contribution in [3.63, 3.8) is 0 Å².